The number of carbonyl (C=O) groups excluding carboxylic acids is 1. The van der Waals surface area contributed by atoms with E-state index in [-0.39, 0.29) is 5.91 Å². The first-order valence-electron chi connectivity index (χ1n) is 5.40. The first-order chi connectivity index (χ1) is 8.61. The van der Waals surface area contributed by atoms with Gasteiger partial charge in [-0.05, 0) is 45.4 Å². The van der Waals surface area contributed by atoms with Crippen LogP contribution in [-0.2, 0) is 6.42 Å². The van der Waals surface area contributed by atoms with Crippen molar-refractivity contribution in [3.05, 3.63) is 38.6 Å². The molecule has 2 rings (SSSR count). The molecular formula is C12H12BrN3OS. The number of pyridine rings is 1. The minimum Gasteiger partial charge on any atom is -0.397 e. The zero-order valence-corrected chi connectivity index (χ0v) is 12.1. The minimum absolute atomic E-state index is 0.139. The molecule has 0 aliphatic rings. The number of thiophene rings is 1. The van der Waals surface area contributed by atoms with Gasteiger partial charge in [-0.15, -0.1) is 11.3 Å². The Morgan fingerprint density at radius 3 is 3.06 bits per heavy atom. The molecule has 0 atom stereocenters. The van der Waals surface area contributed by atoms with Crippen LogP contribution < -0.4 is 11.1 Å². The van der Waals surface area contributed by atoms with Crippen LogP contribution in [0.4, 0.5) is 11.5 Å². The fourth-order valence-corrected chi connectivity index (χ4v) is 2.88. The number of nitrogens with two attached hydrogens (primary N) is 1. The van der Waals surface area contributed by atoms with E-state index in [0.717, 1.165) is 16.9 Å². The minimum atomic E-state index is -0.139. The molecule has 2 aromatic heterocycles. The summed E-state index contributed by atoms with van der Waals surface area (Å²) in [4.78, 5) is 16.9. The van der Waals surface area contributed by atoms with E-state index in [9.17, 15) is 4.79 Å². The van der Waals surface area contributed by atoms with Crippen molar-refractivity contribution in [2.45, 2.75) is 13.3 Å². The van der Waals surface area contributed by atoms with Gasteiger partial charge in [0.2, 0.25) is 0 Å². The number of rotatable bonds is 3. The van der Waals surface area contributed by atoms with Gasteiger partial charge in [0.25, 0.3) is 5.91 Å². The van der Waals surface area contributed by atoms with Gasteiger partial charge >= 0.3 is 0 Å². The molecule has 6 heteroatoms. The zero-order chi connectivity index (χ0) is 13.1. The number of aryl methyl sites for hydroxylation is 1. The predicted molar refractivity (Wildman–Crippen MR) is 78.0 cm³/mol. The molecule has 0 saturated heterocycles. The summed E-state index contributed by atoms with van der Waals surface area (Å²) in [5, 5.41) is 4.69. The molecule has 0 aliphatic heterocycles. The average molecular weight is 326 g/mol. The van der Waals surface area contributed by atoms with Crippen LogP contribution in [0.2, 0.25) is 0 Å². The zero-order valence-electron chi connectivity index (χ0n) is 9.74. The van der Waals surface area contributed by atoms with Crippen LogP contribution in [0.1, 0.15) is 22.2 Å². The topological polar surface area (TPSA) is 68.0 Å². The van der Waals surface area contributed by atoms with Crippen LogP contribution in [0, 0.1) is 0 Å². The lowest BCUT2D eigenvalue weighted by atomic mass is 10.2. The van der Waals surface area contributed by atoms with Gasteiger partial charge < -0.3 is 11.1 Å². The molecular weight excluding hydrogens is 314 g/mol. The molecule has 2 heterocycles. The Morgan fingerprint density at radius 2 is 2.39 bits per heavy atom. The maximum absolute atomic E-state index is 12.1. The fourth-order valence-electron chi connectivity index (χ4n) is 1.52. The van der Waals surface area contributed by atoms with Crippen molar-refractivity contribution in [1.29, 1.82) is 0 Å². The van der Waals surface area contributed by atoms with Gasteiger partial charge in [0.15, 0.2) is 0 Å². The molecule has 2 aromatic rings. The number of nitrogens with zero attached hydrogens (tertiary/aromatic N) is 1. The smallest absolute Gasteiger partial charge is 0.267 e. The Balaban J connectivity index is 2.21. The van der Waals surface area contributed by atoms with Crippen molar-refractivity contribution in [2.75, 3.05) is 11.1 Å². The SMILES string of the molecule is CCc1ccsc1C(=O)Nc1ncc(N)cc1Br. The van der Waals surface area contributed by atoms with Crippen molar-refractivity contribution in [3.63, 3.8) is 0 Å². The summed E-state index contributed by atoms with van der Waals surface area (Å²) in [7, 11) is 0. The van der Waals surface area contributed by atoms with Crippen molar-refractivity contribution in [2.24, 2.45) is 0 Å². The quantitative estimate of drug-likeness (QED) is 0.909. The average Bonchev–Trinajstić information content (AvgIpc) is 2.81. The van der Waals surface area contributed by atoms with Crippen molar-refractivity contribution in [3.8, 4) is 0 Å². The molecule has 0 radical (unpaired) electrons. The molecule has 0 bridgehead atoms. The van der Waals surface area contributed by atoms with Crippen molar-refractivity contribution in [1.82, 2.24) is 4.98 Å². The molecule has 0 fully saturated rings. The summed E-state index contributed by atoms with van der Waals surface area (Å²) in [6.07, 6.45) is 2.35. The molecule has 94 valence electrons. The molecule has 1 amide bonds. The standard InChI is InChI=1S/C12H12BrN3OS/c1-2-7-3-4-18-10(7)12(17)16-11-9(13)5-8(14)6-15-11/h3-6H,2,14H2,1H3,(H,15,16,17). The lowest BCUT2D eigenvalue weighted by Crippen LogP contribution is -2.13. The number of amides is 1. The molecule has 18 heavy (non-hydrogen) atoms. The maximum atomic E-state index is 12.1. The number of carbonyl (C=O) groups is 1. The van der Waals surface area contributed by atoms with E-state index in [0.29, 0.717) is 16.0 Å². The Morgan fingerprint density at radius 1 is 1.61 bits per heavy atom. The highest BCUT2D eigenvalue weighted by Gasteiger charge is 2.14. The molecule has 0 spiro atoms. The highest BCUT2D eigenvalue weighted by atomic mass is 79.9. The monoisotopic (exact) mass is 325 g/mol. The Bertz CT molecular complexity index is 582. The van der Waals surface area contributed by atoms with E-state index in [1.54, 1.807) is 6.07 Å². The molecule has 0 saturated carbocycles. The second kappa shape index (κ2) is 5.49. The van der Waals surface area contributed by atoms with Crippen molar-refractivity contribution >= 4 is 44.7 Å². The summed E-state index contributed by atoms with van der Waals surface area (Å²) >= 11 is 4.75. The van der Waals surface area contributed by atoms with E-state index < -0.39 is 0 Å². The summed E-state index contributed by atoms with van der Waals surface area (Å²) in [6.45, 7) is 2.02. The Kier molecular flexibility index (Phi) is 3.98. The van der Waals surface area contributed by atoms with Gasteiger partial charge in [-0.2, -0.15) is 0 Å². The number of nitrogens with one attached hydrogen (secondary N) is 1. The molecule has 3 N–H and O–H groups in total. The highest BCUT2D eigenvalue weighted by Crippen LogP contribution is 2.24. The third-order valence-corrected chi connectivity index (χ3v) is 3.99. The summed E-state index contributed by atoms with van der Waals surface area (Å²) in [6, 6.07) is 3.67. The van der Waals surface area contributed by atoms with Crippen LogP contribution in [0.5, 0.6) is 0 Å². The van der Waals surface area contributed by atoms with Gasteiger partial charge in [-0.3, -0.25) is 4.79 Å². The van der Waals surface area contributed by atoms with Crippen molar-refractivity contribution < 1.29 is 4.79 Å². The number of aromatic nitrogens is 1. The van der Waals surface area contributed by atoms with Gasteiger partial charge in [0.05, 0.1) is 21.2 Å². The second-order valence-electron chi connectivity index (χ2n) is 3.68. The summed E-state index contributed by atoms with van der Waals surface area (Å²) < 4.78 is 0.672. The number of anilines is 2. The first-order valence-corrected chi connectivity index (χ1v) is 7.07. The lowest BCUT2D eigenvalue weighted by Gasteiger charge is -2.06. The molecule has 0 unspecified atom stereocenters. The van der Waals surface area contributed by atoms with Crippen LogP contribution in [0.25, 0.3) is 0 Å². The predicted octanol–water partition coefficient (Wildman–Crippen LogP) is 3.30. The third-order valence-electron chi connectivity index (χ3n) is 2.43. The van der Waals surface area contributed by atoms with Crippen LogP contribution in [0.3, 0.4) is 0 Å². The van der Waals surface area contributed by atoms with Gasteiger partial charge in [-0.1, -0.05) is 6.92 Å². The van der Waals surface area contributed by atoms with Gasteiger partial charge in [0.1, 0.15) is 5.82 Å². The molecule has 4 nitrogen and oxygen atoms in total. The Labute approximate surface area is 117 Å². The highest BCUT2D eigenvalue weighted by molar-refractivity contribution is 9.10. The number of nitrogen functional groups attached to an aromatic ring is 1. The number of hydrogen-bond donors (Lipinski definition) is 2. The first kappa shape index (κ1) is 13.0. The van der Waals surface area contributed by atoms with E-state index in [2.05, 4.69) is 26.2 Å². The number of halogens is 1. The van der Waals surface area contributed by atoms with E-state index in [1.807, 2.05) is 18.4 Å². The summed E-state index contributed by atoms with van der Waals surface area (Å²) in [5.74, 6) is 0.337. The van der Waals surface area contributed by atoms with Crippen LogP contribution in [0.15, 0.2) is 28.2 Å². The normalized spacial score (nSPS) is 10.3. The van der Waals surface area contributed by atoms with Gasteiger partial charge in [-0.25, -0.2) is 4.98 Å². The van der Waals surface area contributed by atoms with E-state index >= 15 is 0 Å². The third kappa shape index (κ3) is 2.70. The molecule has 0 aromatic carbocycles. The lowest BCUT2D eigenvalue weighted by molar-refractivity contribution is 0.102. The second-order valence-corrected chi connectivity index (χ2v) is 5.45. The van der Waals surface area contributed by atoms with Gasteiger partial charge in [0, 0.05) is 0 Å². The number of hydrogen-bond acceptors (Lipinski definition) is 4. The largest absolute Gasteiger partial charge is 0.397 e. The fraction of sp³-hybridized carbons (Fsp3) is 0.167. The molecule has 0 aliphatic carbocycles. The van der Waals surface area contributed by atoms with Crippen LogP contribution >= 0.6 is 27.3 Å². The summed E-state index contributed by atoms with van der Waals surface area (Å²) in [5.41, 5.74) is 7.19. The van der Waals surface area contributed by atoms with E-state index in [1.165, 1.54) is 17.5 Å². The van der Waals surface area contributed by atoms with Crippen LogP contribution in [-0.4, -0.2) is 10.9 Å². The maximum Gasteiger partial charge on any atom is 0.267 e. The Hall–Kier alpha value is -1.40. The van der Waals surface area contributed by atoms with E-state index in [4.69, 9.17) is 5.73 Å².